The number of nitrogens with zero attached hydrogens (tertiary/aromatic N) is 2. The quantitative estimate of drug-likeness (QED) is 0.919. The van der Waals surface area contributed by atoms with Crippen molar-refractivity contribution in [2.45, 2.75) is 39.3 Å². The molecule has 2 heterocycles. The van der Waals surface area contributed by atoms with E-state index in [0.29, 0.717) is 0 Å². The minimum atomic E-state index is 0.146. The molecule has 2 rings (SSSR count). The number of nitrogens with one attached hydrogen (secondary N) is 1. The van der Waals surface area contributed by atoms with Crippen LogP contribution in [0.4, 0.5) is 0 Å². The van der Waals surface area contributed by atoms with Crippen LogP contribution < -0.4 is 5.32 Å². The van der Waals surface area contributed by atoms with Crippen LogP contribution >= 0.6 is 11.3 Å². The standard InChI is InChI=1S/C14H19N3S/c1-14(2,3)17-10-12-9-16-13(18-12)7-11-5-4-6-15-8-11/h4-6,8-9,17H,7,10H2,1-3H3. The summed E-state index contributed by atoms with van der Waals surface area (Å²) in [6.45, 7) is 7.40. The van der Waals surface area contributed by atoms with Crippen LogP contribution in [-0.4, -0.2) is 15.5 Å². The second-order valence-corrected chi connectivity index (χ2v) is 6.56. The maximum atomic E-state index is 4.46. The third-order valence-electron chi connectivity index (χ3n) is 2.47. The summed E-state index contributed by atoms with van der Waals surface area (Å²) in [5.74, 6) is 0. The van der Waals surface area contributed by atoms with Crippen molar-refractivity contribution in [1.82, 2.24) is 15.3 Å². The fourth-order valence-electron chi connectivity index (χ4n) is 1.54. The molecule has 0 bridgehead atoms. The first-order valence-electron chi connectivity index (χ1n) is 6.10. The van der Waals surface area contributed by atoms with Gasteiger partial charge in [0.05, 0.1) is 5.01 Å². The monoisotopic (exact) mass is 261 g/mol. The van der Waals surface area contributed by atoms with Crippen molar-refractivity contribution in [2.75, 3.05) is 0 Å². The van der Waals surface area contributed by atoms with E-state index in [2.05, 4.69) is 42.1 Å². The largest absolute Gasteiger partial charge is 0.307 e. The van der Waals surface area contributed by atoms with Crippen LogP contribution in [-0.2, 0) is 13.0 Å². The molecule has 0 radical (unpaired) electrons. The Bertz CT molecular complexity index is 485. The maximum absolute atomic E-state index is 4.46. The summed E-state index contributed by atoms with van der Waals surface area (Å²) in [6, 6.07) is 4.05. The van der Waals surface area contributed by atoms with Gasteiger partial charge >= 0.3 is 0 Å². The highest BCUT2D eigenvalue weighted by Gasteiger charge is 2.10. The summed E-state index contributed by atoms with van der Waals surface area (Å²) in [5.41, 5.74) is 1.36. The fraction of sp³-hybridized carbons (Fsp3) is 0.429. The van der Waals surface area contributed by atoms with Crippen molar-refractivity contribution < 1.29 is 0 Å². The Morgan fingerprint density at radius 2 is 2.11 bits per heavy atom. The molecule has 18 heavy (non-hydrogen) atoms. The summed E-state index contributed by atoms with van der Waals surface area (Å²) < 4.78 is 0. The molecule has 0 aromatic carbocycles. The molecule has 0 atom stereocenters. The van der Waals surface area contributed by atoms with E-state index in [1.807, 2.05) is 18.5 Å². The molecule has 0 unspecified atom stereocenters. The van der Waals surface area contributed by atoms with E-state index in [1.54, 1.807) is 17.5 Å². The van der Waals surface area contributed by atoms with Crippen LogP contribution in [0.2, 0.25) is 0 Å². The summed E-state index contributed by atoms with van der Waals surface area (Å²) in [7, 11) is 0. The number of hydrogen-bond donors (Lipinski definition) is 1. The molecule has 0 spiro atoms. The lowest BCUT2D eigenvalue weighted by molar-refractivity contribution is 0.426. The van der Waals surface area contributed by atoms with Crippen molar-refractivity contribution in [3.8, 4) is 0 Å². The Hall–Kier alpha value is -1.26. The van der Waals surface area contributed by atoms with Gasteiger partial charge in [-0.2, -0.15) is 0 Å². The van der Waals surface area contributed by atoms with E-state index in [0.717, 1.165) is 18.0 Å². The lowest BCUT2D eigenvalue weighted by Gasteiger charge is -2.19. The molecule has 0 aliphatic rings. The van der Waals surface area contributed by atoms with Gasteiger partial charge in [-0.1, -0.05) is 6.07 Å². The number of hydrogen-bond acceptors (Lipinski definition) is 4. The molecule has 0 fully saturated rings. The zero-order valence-corrected chi connectivity index (χ0v) is 11.9. The lowest BCUT2D eigenvalue weighted by Crippen LogP contribution is -2.34. The smallest absolute Gasteiger partial charge is 0.0972 e. The fourth-order valence-corrected chi connectivity index (χ4v) is 2.44. The van der Waals surface area contributed by atoms with E-state index < -0.39 is 0 Å². The number of aromatic nitrogens is 2. The number of rotatable bonds is 4. The van der Waals surface area contributed by atoms with E-state index in [4.69, 9.17) is 0 Å². The average Bonchev–Trinajstić information content (AvgIpc) is 2.75. The van der Waals surface area contributed by atoms with Gasteiger partial charge in [-0.05, 0) is 32.4 Å². The van der Waals surface area contributed by atoms with Crippen LogP contribution in [0, 0.1) is 0 Å². The molecule has 0 amide bonds. The van der Waals surface area contributed by atoms with Crippen molar-refractivity contribution in [2.24, 2.45) is 0 Å². The Balaban J connectivity index is 1.94. The van der Waals surface area contributed by atoms with Crippen molar-refractivity contribution >= 4 is 11.3 Å². The Labute approximate surface area is 112 Å². The predicted octanol–water partition coefficient (Wildman–Crippen LogP) is 3.02. The molecule has 2 aromatic heterocycles. The zero-order chi connectivity index (χ0) is 13.0. The first-order valence-corrected chi connectivity index (χ1v) is 6.92. The van der Waals surface area contributed by atoms with Gasteiger partial charge in [-0.15, -0.1) is 11.3 Å². The van der Waals surface area contributed by atoms with Crippen molar-refractivity contribution in [3.63, 3.8) is 0 Å². The Morgan fingerprint density at radius 3 is 2.78 bits per heavy atom. The second kappa shape index (κ2) is 5.59. The molecular weight excluding hydrogens is 242 g/mol. The molecule has 96 valence electrons. The van der Waals surface area contributed by atoms with E-state index >= 15 is 0 Å². The van der Waals surface area contributed by atoms with E-state index in [9.17, 15) is 0 Å². The van der Waals surface area contributed by atoms with Gasteiger partial charge in [0.1, 0.15) is 0 Å². The normalized spacial score (nSPS) is 11.7. The summed E-state index contributed by atoms with van der Waals surface area (Å²) in [6.07, 6.45) is 6.53. The van der Waals surface area contributed by atoms with Gasteiger partial charge in [0.25, 0.3) is 0 Å². The van der Waals surface area contributed by atoms with E-state index in [-0.39, 0.29) is 5.54 Å². The van der Waals surface area contributed by atoms with E-state index in [1.165, 1.54) is 10.4 Å². The van der Waals surface area contributed by atoms with Crippen molar-refractivity contribution in [3.05, 3.63) is 46.2 Å². The molecule has 3 nitrogen and oxygen atoms in total. The van der Waals surface area contributed by atoms with Crippen LogP contribution in [0.25, 0.3) is 0 Å². The Morgan fingerprint density at radius 1 is 1.28 bits per heavy atom. The SMILES string of the molecule is CC(C)(C)NCc1cnc(Cc2cccnc2)s1. The molecule has 0 saturated carbocycles. The first-order chi connectivity index (χ1) is 8.53. The molecule has 1 N–H and O–H groups in total. The van der Waals surface area contributed by atoms with Gasteiger partial charge in [0.15, 0.2) is 0 Å². The highest BCUT2D eigenvalue weighted by molar-refractivity contribution is 7.11. The highest BCUT2D eigenvalue weighted by atomic mass is 32.1. The van der Waals surface area contributed by atoms with Crippen LogP contribution in [0.3, 0.4) is 0 Å². The highest BCUT2D eigenvalue weighted by Crippen LogP contribution is 2.17. The topological polar surface area (TPSA) is 37.8 Å². The first kappa shape index (κ1) is 13.2. The predicted molar refractivity (Wildman–Crippen MR) is 75.7 cm³/mol. The molecular formula is C14H19N3S. The molecule has 4 heteroatoms. The second-order valence-electron chi connectivity index (χ2n) is 5.36. The average molecular weight is 261 g/mol. The van der Waals surface area contributed by atoms with Gasteiger partial charge < -0.3 is 5.32 Å². The summed E-state index contributed by atoms with van der Waals surface area (Å²) in [5, 5.41) is 4.62. The van der Waals surface area contributed by atoms with Crippen LogP contribution in [0.5, 0.6) is 0 Å². The third-order valence-corrected chi connectivity index (χ3v) is 3.47. The summed E-state index contributed by atoms with van der Waals surface area (Å²) in [4.78, 5) is 9.86. The number of pyridine rings is 1. The number of thiazole rings is 1. The minimum Gasteiger partial charge on any atom is -0.307 e. The Kier molecular flexibility index (Phi) is 4.09. The molecule has 0 aliphatic heterocycles. The van der Waals surface area contributed by atoms with Crippen molar-refractivity contribution in [1.29, 1.82) is 0 Å². The molecule has 2 aromatic rings. The van der Waals surface area contributed by atoms with Crippen LogP contribution in [0.15, 0.2) is 30.7 Å². The summed E-state index contributed by atoms with van der Waals surface area (Å²) >= 11 is 1.77. The van der Waals surface area contributed by atoms with Crippen LogP contribution in [0.1, 0.15) is 36.2 Å². The van der Waals surface area contributed by atoms with Gasteiger partial charge in [-0.25, -0.2) is 4.98 Å². The minimum absolute atomic E-state index is 0.146. The van der Waals surface area contributed by atoms with Gasteiger partial charge in [0.2, 0.25) is 0 Å². The zero-order valence-electron chi connectivity index (χ0n) is 11.1. The molecule has 0 aliphatic carbocycles. The third kappa shape index (κ3) is 4.20. The lowest BCUT2D eigenvalue weighted by atomic mass is 10.1. The maximum Gasteiger partial charge on any atom is 0.0972 e. The van der Waals surface area contributed by atoms with Gasteiger partial charge in [0, 0.05) is 42.0 Å². The molecule has 0 saturated heterocycles. The van der Waals surface area contributed by atoms with Gasteiger partial charge in [-0.3, -0.25) is 4.98 Å².